The predicted molar refractivity (Wildman–Crippen MR) is 69.0 cm³/mol. The van der Waals surface area contributed by atoms with Crippen molar-refractivity contribution in [3.8, 4) is 0 Å². The van der Waals surface area contributed by atoms with E-state index in [2.05, 4.69) is 19.9 Å². The van der Waals surface area contributed by atoms with Crippen LogP contribution in [-0.4, -0.2) is 28.7 Å². The van der Waals surface area contributed by atoms with E-state index in [9.17, 15) is 8.42 Å². The third-order valence-electron chi connectivity index (χ3n) is 2.62. The Morgan fingerprint density at radius 3 is 2.58 bits per heavy atom. The van der Waals surface area contributed by atoms with E-state index in [1.807, 2.05) is 0 Å². The normalized spacial score (nSPS) is 11.5. The van der Waals surface area contributed by atoms with E-state index >= 15 is 0 Å². The molecule has 2 heterocycles. The van der Waals surface area contributed by atoms with Crippen LogP contribution in [0.15, 0.2) is 23.4 Å². The van der Waals surface area contributed by atoms with Crippen molar-refractivity contribution in [2.75, 3.05) is 4.72 Å². The van der Waals surface area contributed by atoms with Gasteiger partial charge in [0, 0.05) is 6.20 Å². The Morgan fingerprint density at radius 1 is 1.37 bits per heavy atom. The first-order valence-corrected chi connectivity index (χ1v) is 7.02. The maximum Gasteiger partial charge on any atom is 0.279 e. The molecule has 0 unspecified atom stereocenters. The molecule has 7 nitrogen and oxygen atoms in total. The maximum atomic E-state index is 12.1. The van der Waals surface area contributed by atoms with Crippen molar-refractivity contribution in [3.63, 3.8) is 0 Å². The first-order valence-electron chi connectivity index (χ1n) is 5.54. The van der Waals surface area contributed by atoms with Gasteiger partial charge in [0.05, 0.1) is 23.7 Å². The van der Waals surface area contributed by atoms with E-state index in [1.54, 1.807) is 13.8 Å². The van der Waals surface area contributed by atoms with Crippen molar-refractivity contribution in [1.82, 2.24) is 15.2 Å². The van der Waals surface area contributed by atoms with Crippen molar-refractivity contribution in [3.05, 3.63) is 35.3 Å². The maximum absolute atomic E-state index is 12.1. The van der Waals surface area contributed by atoms with Gasteiger partial charge in [-0.25, -0.2) is 4.98 Å². The van der Waals surface area contributed by atoms with Crippen LogP contribution in [0.3, 0.4) is 0 Å². The summed E-state index contributed by atoms with van der Waals surface area (Å²) in [5.74, 6) is 0. The lowest BCUT2D eigenvalue weighted by Crippen LogP contribution is -2.15. The molecule has 102 valence electrons. The lowest BCUT2D eigenvalue weighted by atomic mass is 10.3. The van der Waals surface area contributed by atoms with E-state index in [4.69, 9.17) is 5.11 Å². The SMILES string of the molecule is Cc1n[nH]c(C)c1NS(=O)(=O)c1ccc(CO)cn1. The average molecular weight is 282 g/mol. The average Bonchev–Trinajstić information content (AvgIpc) is 2.70. The van der Waals surface area contributed by atoms with Gasteiger partial charge in [0.25, 0.3) is 10.0 Å². The van der Waals surface area contributed by atoms with E-state index in [-0.39, 0.29) is 11.6 Å². The van der Waals surface area contributed by atoms with Crippen LogP contribution in [0.5, 0.6) is 0 Å². The molecule has 2 aromatic heterocycles. The highest BCUT2D eigenvalue weighted by molar-refractivity contribution is 7.92. The molecule has 0 aliphatic carbocycles. The van der Waals surface area contributed by atoms with Crippen LogP contribution in [0.2, 0.25) is 0 Å². The Morgan fingerprint density at radius 2 is 2.11 bits per heavy atom. The molecule has 0 amide bonds. The number of anilines is 1. The highest BCUT2D eigenvalue weighted by Gasteiger charge is 2.19. The monoisotopic (exact) mass is 282 g/mol. The van der Waals surface area contributed by atoms with Gasteiger partial charge in [0.1, 0.15) is 0 Å². The van der Waals surface area contributed by atoms with Gasteiger partial charge in [-0.2, -0.15) is 13.5 Å². The van der Waals surface area contributed by atoms with Gasteiger partial charge < -0.3 is 5.11 Å². The topological polar surface area (TPSA) is 108 Å². The van der Waals surface area contributed by atoms with E-state index in [1.165, 1.54) is 18.3 Å². The zero-order valence-electron chi connectivity index (χ0n) is 10.5. The van der Waals surface area contributed by atoms with Gasteiger partial charge in [-0.1, -0.05) is 6.07 Å². The molecule has 0 saturated heterocycles. The number of nitrogens with zero attached hydrogens (tertiary/aromatic N) is 2. The Labute approximate surface area is 110 Å². The fraction of sp³-hybridized carbons (Fsp3) is 0.273. The molecule has 0 atom stereocenters. The number of aliphatic hydroxyl groups is 1. The summed E-state index contributed by atoms with van der Waals surface area (Å²) in [4.78, 5) is 3.82. The number of aromatic amines is 1. The van der Waals surface area contributed by atoms with Gasteiger partial charge in [0.15, 0.2) is 5.03 Å². The lowest BCUT2D eigenvalue weighted by Gasteiger charge is -2.07. The second-order valence-electron chi connectivity index (χ2n) is 4.08. The van der Waals surface area contributed by atoms with E-state index in [0.717, 1.165) is 0 Å². The minimum absolute atomic E-state index is 0.107. The number of H-pyrrole nitrogens is 1. The van der Waals surface area contributed by atoms with Crippen LogP contribution in [0.1, 0.15) is 17.0 Å². The highest BCUT2D eigenvalue weighted by atomic mass is 32.2. The quantitative estimate of drug-likeness (QED) is 0.765. The Hall–Kier alpha value is -1.93. The summed E-state index contributed by atoms with van der Waals surface area (Å²) < 4.78 is 26.7. The number of aryl methyl sites for hydroxylation is 2. The number of nitrogens with one attached hydrogen (secondary N) is 2. The number of aromatic nitrogens is 3. The van der Waals surface area contributed by atoms with Gasteiger partial charge in [-0.15, -0.1) is 0 Å². The van der Waals surface area contributed by atoms with Crippen molar-refractivity contribution in [2.45, 2.75) is 25.5 Å². The van der Waals surface area contributed by atoms with Gasteiger partial charge in [-0.3, -0.25) is 9.82 Å². The van der Waals surface area contributed by atoms with E-state index < -0.39 is 10.0 Å². The first-order chi connectivity index (χ1) is 8.94. The molecule has 0 radical (unpaired) electrons. The first kappa shape index (κ1) is 13.5. The van der Waals surface area contributed by atoms with Crippen LogP contribution < -0.4 is 4.72 Å². The molecule has 2 rings (SSSR count). The number of hydrogen-bond acceptors (Lipinski definition) is 5. The number of pyridine rings is 1. The molecule has 0 saturated carbocycles. The minimum atomic E-state index is -3.76. The standard InChI is InChI=1S/C11H14N4O3S/c1-7-11(8(2)14-13-7)15-19(17,18)10-4-3-9(6-16)5-12-10/h3-5,15-16H,6H2,1-2H3,(H,13,14). The summed E-state index contributed by atoms with van der Waals surface area (Å²) in [6.45, 7) is 3.24. The molecule has 8 heteroatoms. The largest absolute Gasteiger partial charge is 0.392 e. The van der Waals surface area contributed by atoms with E-state index in [0.29, 0.717) is 22.6 Å². The van der Waals surface area contributed by atoms with Crippen LogP contribution in [0.4, 0.5) is 5.69 Å². The smallest absolute Gasteiger partial charge is 0.279 e. The highest BCUT2D eigenvalue weighted by Crippen LogP contribution is 2.20. The Balaban J connectivity index is 2.32. The number of rotatable bonds is 4. The Kier molecular flexibility index (Phi) is 3.54. The molecular weight excluding hydrogens is 268 g/mol. The molecule has 3 N–H and O–H groups in total. The summed E-state index contributed by atoms with van der Waals surface area (Å²) in [5, 5.41) is 15.4. The third kappa shape index (κ3) is 2.74. The van der Waals surface area contributed by atoms with Crippen molar-refractivity contribution < 1.29 is 13.5 Å². The Bertz CT molecular complexity index is 657. The van der Waals surface area contributed by atoms with Gasteiger partial charge >= 0.3 is 0 Å². The fourth-order valence-corrected chi connectivity index (χ4v) is 2.66. The van der Waals surface area contributed by atoms with Crippen LogP contribution in [-0.2, 0) is 16.6 Å². The van der Waals surface area contributed by atoms with Crippen LogP contribution >= 0.6 is 0 Å². The predicted octanol–water partition coefficient (Wildman–Crippen LogP) is 0.715. The molecule has 0 spiro atoms. The number of sulfonamides is 1. The lowest BCUT2D eigenvalue weighted by molar-refractivity contribution is 0.281. The molecule has 0 bridgehead atoms. The summed E-state index contributed by atoms with van der Waals surface area (Å²) in [5.41, 5.74) is 2.17. The molecule has 0 aliphatic rings. The summed E-state index contributed by atoms with van der Waals surface area (Å²) in [6, 6.07) is 2.86. The van der Waals surface area contributed by atoms with Gasteiger partial charge in [-0.05, 0) is 25.5 Å². The third-order valence-corrected chi connectivity index (χ3v) is 3.89. The second-order valence-corrected chi connectivity index (χ2v) is 5.71. The van der Waals surface area contributed by atoms with Crippen LogP contribution in [0, 0.1) is 13.8 Å². The summed E-state index contributed by atoms with van der Waals surface area (Å²) >= 11 is 0. The zero-order valence-corrected chi connectivity index (χ0v) is 11.3. The van der Waals surface area contributed by atoms with Crippen LogP contribution in [0.25, 0.3) is 0 Å². The molecule has 0 aliphatic heterocycles. The second kappa shape index (κ2) is 4.98. The number of hydrogen-bond donors (Lipinski definition) is 3. The minimum Gasteiger partial charge on any atom is -0.392 e. The van der Waals surface area contributed by atoms with Crippen molar-refractivity contribution in [2.24, 2.45) is 0 Å². The van der Waals surface area contributed by atoms with Gasteiger partial charge in [0.2, 0.25) is 0 Å². The fourth-order valence-electron chi connectivity index (χ4n) is 1.55. The molecule has 0 aromatic carbocycles. The molecular formula is C11H14N4O3S. The van der Waals surface area contributed by atoms with Crippen molar-refractivity contribution in [1.29, 1.82) is 0 Å². The molecule has 19 heavy (non-hydrogen) atoms. The molecule has 2 aromatic rings. The zero-order chi connectivity index (χ0) is 14.0. The molecule has 0 fully saturated rings. The van der Waals surface area contributed by atoms with Crippen molar-refractivity contribution >= 4 is 15.7 Å². The number of aliphatic hydroxyl groups excluding tert-OH is 1. The summed E-state index contributed by atoms with van der Waals surface area (Å²) in [7, 11) is -3.76. The summed E-state index contributed by atoms with van der Waals surface area (Å²) in [6.07, 6.45) is 1.32.